The van der Waals surface area contributed by atoms with Gasteiger partial charge in [0.15, 0.2) is 5.96 Å². The summed E-state index contributed by atoms with van der Waals surface area (Å²) >= 11 is 0. The van der Waals surface area contributed by atoms with Gasteiger partial charge in [-0.2, -0.15) is 0 Å². The van der Waals surface area contributed by atoms with Gasteiger partial charge in [0.1, 0.15) is 6.10 Å². The predicted octanol–water partition coefficient (Wildman–Crippen LogP) is -0.784. The zero-order chi connectivity index (χ0) is 17.6. The smallest absolute Gasteiger partial charge is 0.251 e. The lowest BCUT2D eigenvalue weighted by molar-refractivity contribution is -0.142. The summed E-state index contributed by atoms with van der Waals surface area (Å²) in [7, 11) is 3.93. The van der Waals surface area contributed by atoms with Crippen molar-refractivity contribution in [2.45, 2.75) is 25.0 Å². The lowest BCUT2D eigenvalue weighted by Crippen LogP contribution is -2.56. The third-order valence-corrected chi connectivity index (χ3v) is 5.14. The van der Waals surface area contributed by atoms with Crippen LogP contribution in [0.15, 0.2) is 4.99 Å². The Morgan fingerprint density at radius 1 is 1.12 bits per heavy atom. The number of nitrogens with zero attached hydrogens (tertiary/aromatic N) is 4. The van der Waals surface area contributed by atoms with Crippen molar-refractivity contribution in [3.8, 4) is 0 Å². The van der Waals surface area contributed by atoms with Crippen molar-refractivity contribution >= 4 is 11.9 Å². The molecule has 142 valence electrons. The molecular weight excluding hydrogens is 322 g/mol. The molecule has 2 atom stereocenters. The van der Waals surface area contributed by atoms with Gasteiger partial charge in [-0.15, -0.1) is 0 Å². The van der Waals surface area contributed by atoms with Crippen LogP contribution in [0.25, 0.3) is 0 Å². The summed E-state index contributed by atoms with van der Waals surface area (Å²) in [6.07, 6.45) is 1.83. The Balaban J connectivity index is 1.43. The van der Waals surface area contributed by atoms with Crippen LogP contribution in [-0.2, 0) is 14.3 Å². The highest BCUT2D eigenvalue weighted by atomic mass is 16.5. The summed E-state index contributed by atoms with van der Waals surface area (Å²) in [5.41, 5.74) is 0. The number of amides is 1. The number of guanidine groups is 1. The molecule has 3 fully saturated rings. The van der Waals surface area contributed by atoms with Gasteiger partial charge < -0.3 is 29.5 Å². The Morgan fingerprint density at radius 2 is 1.88 bits per heavy atom. The van der Waals surface area contributed by atoms with Gasteiger partial charge in [0.25, 0.3) is 5.91 Å². The number of rotatable bonds is 3. The highest BCUT2D eigenvalue weighted by Gasteiger charge is 2.31. The van der Waals surface area contributed by atoms with Crippen LogP contribution < -0.4 is 5.32 Å². The summed E-state index contributed by atoms with van der Waals surface area (Å²) in [5.74, 6) is 1.04. The quantitative estimate of drug-likeness (QED) is 0.530. The predicted molar refractivity (Wildman–Crippen MR) is 95.7 cm³/mol. The topological polar surface area (TPSA) is 69.6 Å². The first-order valence-electron chi connectivity index (χ1n) is 9.33. The van der Waals surface area contributed by atoms with Gasteiger partial charge in [0, 0.05) is 59.5 Å². The van der Waals surface area contributed by atoms with Gasteiger partial charge in [0.2, 0.25) is 0 Å². The van der Waals surface area contributed by atoms with Crippen molar-refractivity contribution in [3.63, 3.8) is 0 Å². The molecule has 0 aromatic heterocycles. The van der Waals surface area contributed by atoms with E-state index in [2.05, 4.69) is 27.2 Å². The van der Waals surface area contributed by atoms with Gasteiger partial charge in [-0.3, -0.25) is 9.79 Å². The molecule has 1 N–H and O–H groups in total. The Hall–Kier alpha value is -1.38. The van der Waals surface area contributed by atoms with E-state index >= 15 is 0 Å². The van der Waals surface area contributed by atoms with Crippen molar-refractivity contribution in [1.29, 1.82) is 0 Å². The van der Waals surface area contributed by atoms with Crippen LogP contribution in [0.1, 0.15) is 12.8 Å². The molecule has 0 saturated carbocycles. The van der Waals surface area contributed by atoms with E-state index < -0.39 is 0 Å². The molecule has 0 bridgehead atoms. The summed E-state index contributed by atoms with van der Waals surface area (Å²) < 4.78 is 11.3. The average molecular weight is 353 g/mol. The normalized spacial score (nSPS) is 29.1. The number of morpholine rings is 1. The highest BCUT2D eigenvalue weighted by Crippen LogP contribution is 2.16. The number of nitrogens with one attached hydrogen (secondary N) is 1. The summed E-state index contributed by atoms with van der Waals surface area (Å²) in [6, 6.07) is 0. The van der Waals surface area contributed by atoms with Crippen LogP contribution >= 0.6 is 0 Å². The zero-order valence-electron chi connectivity index (χ0n) is 15.4. The maximum absolute atomic E-state index is 12.4. The molecule has 0 radical (unpaired) electrons. The van der Waals surface area contributed by atoms with E-state index in [4.69, 9.17) is 9.47 Å². The van der Waals surface area contributed by atoms with E-state index in [-0.39, 0.29) is 18.1 Å². The lowest BCUT2D eigenvalue weighted by atomic mass is 10.2. The third kappa shape index (κ3) is 4.83. The molecule has 2 unspecified atom stereocenters. The number of carbonyl (C=O) groups is 1. The van der Waals surface area contributed by atoms with Crippen molar-refractivity contribution < 1.29 is 14.3 Å². The first-order chi connectivity index (χ1) is 12.2. The molecule has 1 amide bonds. The minimum absolute atomic E-state index is 0.152. The molecule has 0 aliphatic carbocycles. The van der Waals surface area contributed by atoms with Crippen LogP contribution in [0.5, 0.6) is 0 Å². The number of hydrogen-bond donors (Lipinski definition) is 1. The highest BCUT2D eigenvalue weighted by molar-refractivity contribution is 5.82. The van der Waals surface area contributed by atoms with Crippen LogP contribution in [-0.4, -0.2) is 112 Å². The largest absolute Gasteiger partial charge is 0.374 e. The van der Waals surface area contributed by atoms with E-state index in [9.17, 15) is 4.79 Å². The molecule has 3 saturated heterocycles. The van der Waals surface area contributed by atoms with Gasteiger partial charge in [-0.05, 0) is 19.9 Å². The van der Waals surface area contributed by atoms with Crippen molar-refractivity contribution in [2.75, 3.05) is 73.1 Å². The Kier molecular flexibility index (Phi) is 6.50. The van der Waals surface area contributed by atoms with Crippen LogP contribution in [0.2, 0.25) is 0 Å². The Bertz CT molecular complexity index is 473. The standard InChI is InChI=1S/C17H31N5O3/c1-18-17(19-12-14-13-20(2)9-11-24-14)22-7-5-21(6-8-22)16(23)15-4-3-10-25-15/h14-15H,3-13H2,1-2H3,(H,18,19). The first kappa shape index (κ1) is 18.4. The number of carbonyl (C=O) groups excluding carboxylic acids is 1. The second kappa shape index (κ2) is 8.82. The molecule has 3 aliphatic rings. The molecule has 0 spiro atoms. The maximum atomic E-state index is 12.4. The zero-order valence-corrected chi connectivity index (χ0v) is 15.4. The van der Waals surface area contributed by atoms with Crippen molar-refractivity contribution in [1.82, 2.24) is 20.0 Å². The number of likely N-dealkylation sites (N-methyl/N-ethyl adjacent to an activating group) is 1. The SMILES string of the molecule is CN=C(NCC1CN(C)CCO1)N1CCN(C(=O)C2CCCO2)CC1. The Morgan fingerprint density at radius 3 is 2.52 bits per heavy atom. The molecule has 8 nitrogen and oxygen atoms in total. The second-order valence-electron chi connectivity index (χ2n) is 7.00. The van der Waals surface area contributed by atoms with Gasteiger partial charge in [-0.1, -0.05) is 0 Å². The number of aliphatic imine (C=N–C) groups is 1. The average Bonchev–Trinajstić information content (AvgIpc) is 3.17. The van der Waals surface area contributed by atoms with E-state index in [0.29, 0.717) is 6.61 Å². The lowest BCUT2D eigenvalue weighted by Gasteiger charge is -2.38. The second-order valence-corrected chi connectivity index (χ2v) is 7.00. The van der Waals surface area contributed by atoms with Gasteiger partial charge >= 0.3 is 0 Å². The van der Waals surface area contributed by atoms with E-state index in [1.807, 2.05) is 4.90 Å². The van der Waals surface area contributed by atoms with Gasteiger partial charge in [-0.25, -0.2) is 0 Å². The molecule has 3 rings (SSSR count). The third-order valence-electron chi connectivity index (χ3n) is 5.14. The van der Waals surface area contributed by atoms with Gasteiger partial charge in [0.05, 0.1) is 12.7 Å². The number of hydrogen-bond acceptors (Lipinski definition) is 5. The van der Waals surface area contributed by atoms with Crippen LogP contribution in [0.3, 0.4) is 0 Å². The van der Waals surface area contributed by atoms with E-state index in [1.54, 1.807) is 7.05 Å². The number of piperazine rings is 1. The molecule has 0 aromatic rings. The van der Waals surface area contributed by atoms with Crippen molar-refractivity contribution in [2.24, 2.45) is 4.99 Å². The van der Waals surface area contributed by atoms with E-state index in [1.165, 1.54) is 0 Å². The van der Waals surface area contributed by atoms with Crippen molar-refractivity contribution in [3.05, 3.63) is 0 Å². The summed E-state index contributed by atoms with van der Waals surface area (Å²) in [5, 5.41) is 3.42. The molecule has 3 heterocycles. The Labute approximate surface area is 150 Å². The minimum Gasteiger partial charge on any atom is -0.374 e. The van der Waals surface area contributed by atoms with E-state index in [0.717, 1.165) is 71.2 Å². The minimum atomic E-state index is -0.218. The van der Waals surface area contributed by atoms with Crippen LogP contribution in [0, 0.1) is 0 Å². The summed E-state index contributed by atoms with van der Waals surface area (Å²) in [4.78, 5) is 23.3. The molecular formula is C17H31N5O3. The van der Waals surface area contributed by atoms with Crippen LogP contribution in [0.4, 0.5) is 0 Å². The fourth-order valence-electron chi connectivity index (χ4n) is 3.64. The monoisotopic (exact) mass is 353 g/mol. The maximum Gasteiger partial charge on any atom is 0.251 e. The summed E-state index contributed by atoms with van der Waals surface area (Å²) in [6.45, 7) is 7.22. The fourth-order valence-corrected chi connectivity index (χ4v) is 3.64. The first-order valence-corrected chi connectivity index (χ1v) is 9.33. The molecule has 0 aromatic carbocycles. The molecule has 25 heavy (non-hydrogen) atoms. The number of ether oxygens (including phenoxy) is 2. The molecule has 8 heteroatoms. The molecule has 3 aliphatic heterocycles. The fraction of sp³-hybridized carbons (Fsp3) is 0.882.